The number of aliphatic hydroxyl groups excluding tert-OH is 1. The highest BCUT2D eigenvalue weighted by atomic mass is 19.1. The third-order valence-corrected chi connectivity index (χ3v) is 1.17. The molecule has 0 rings (SSSR count). The molecule has 1 unspecified atom stereocenters. The summed E-state index contributed by atoms with van der Waals surface area (Å²) >= 11 is 0. The first-order valence-corrected chi connectivity index (χ1v) is 2.92. The molecule has 1 atom stereocenters. The summed E-state index contributed by atoms with van der Waals surface area (Å²) in [6.45, 7) is 3.33. The zero-order valence-corrected chi connectivity index (χ0v) is 5.39. The fraction of sp³-hybridized carbons (Fsp3) is 1.00. The van der Waals surface area contributed by atoms with E-state index in [1.807, 2.05) is 13.8 Å². The van der Waals surface area contributed by atoms with E-state index in [1.165, 1.54) is 0 Å². The largest absolute Gasteiger partial charge is 0.393 e. The average molecular weight is 120 g/mol. The molecule has 2 heteroatoms. The Labute approximate surface area is 49.5 Å². The predicted octanol–water partition coefficient (Wildman–Crippen LogP) is 1.36. The smallest absolute Gasteiger partial charge is 0.0919 e. The number of halogens is 1. The second-order valence-electron chi connectivity index (χ2n) is 2.29. The summed E-state index contributed by atoms with van der Waals surface area (Å²) in [5.41, 5.74) is 0. The van der Waals surface area contributed by atoms with Gasteiger partial charge in [-0.15, -0.1) is 0 Å². The third-order valence-electron chi connectivity index (χ3n) is 1.17. The minimum Gasteiger partial charge on any atom is -0.393 e. The van der Waals surface area contributed by atoms with E-state index >= 15 is 0 Å². The van der Waals surface area contributed by atoms with Crippen LogP contribution in [-0.2, 0) is 0 Å². The van der Waals surface area contributed by atoms with Gasteiger partial charge >= 0.3 is 0 Å². The molecule has 0 saturated carbocycles. The molecule has 50 valence electrons. The molecule has 0 spiro atoms. The van der Waals surface area contributed by atoms with E-state index in [0.717, 1.165) is 0 Å². The number of aliphatic hydroxyl groups is 1. The number of hydrogen-bond acceptors (Lipinski definition) is 1. The van der Waals surface area contributed by atoms with Crippen molar-refractivity contribution in [2.45, 2.75) is 26.4 Å². The van der Waals surface area contributed by atoms with Crippen molar-refractivity contribution >= 4 is 0 Å². The van der Waals surface area contributed by atoms with Gasteiger partial charge in [0.15, 0.2) is 0 Å². The first kappa shape index (κ1) is 7.89. The highest BCUT2D eigenvalue weighted by Gasteiger charge is 2.06. The molecule has 0 saturated heterocycles. The van der Waals surface area contributed by atoms with E-state index in [-0.39, 0.29) is 12.3 Å². The van der Waals surface area contributed by atoms with Gasteiger partial charge in [-0.05, 0) is 5.92 Å². The molecule has 0 aliphatic heterocycles. The van der Waals surface area contributed by atoms with Crippen LogP contribution in [0.3, 0.4) is 0 Å². The molecule has 0 aliphatic carbocycles. The summed E-state index contributed by atoms with van der Waals surface area (Å²) < 4.78 is 11.4. The Morgan fingerprint density at radius 3 is 2.12 bits per heavy atom. The lowest BCUT2D eigenvalue weighted by molar-refractivity contribution is 0.108. The Morgan fingerprint density at radius 2 is 2.00 bits per heavy atom. The van der Waals surface area contributed by atoms with Crippen LogP contribution in [0.1, 0.15) is 20.3 Å². The van der Waals surface area contributed by atoms with Crippen molar-refractivity contribution in [3.63, 3.8) is 0 Å². The molecule has 0 aromatic rings. The predicted molar refractivity (Wildman–Crippen MR) is 31.4 cm³/mol. The molecule has 0 aliphatic rings. The highest BCUT2D eigenvalue weighted by molar-refractivity contribution is 4.57. The van der Waals surface area contributed by atoms with Crippen LogP contribution in [-0.4, -0.2) is 17.9 Å². The monoisotopic (exact) mass is 120 g/mol. The zero-order valence-electron chi connectivity index (χ0n) is 5.39. The van der Waals surface area contributed by atoms with Gasteiger partial charge in [-0.25, -0.2) is 0 Å². The fourth-order valence-corrected chi connectivity index (χ4v) is 0.445. The van der Waals surface area contributed by atoms with Gasteiger partial charge in [0.25, 0.3) is 0 Å². The van der Waals surface area contributed by atoms with Crippen LogP contribution >= 0.6 is 0 Å². The van der Waals surface area contributed by atoms with Crippen LogP contribution in [0.15, 0.2) is 0 Å². The Hall–Kier alpha value is -0.110. The molecular formula is C6H13FO. The lowest BCUT2D eigenvalue weighted by Gasteiger charge is -2.10. The van der Waals surface area contributed by atoms with Gasteiger partial charge in [-0.1, -0.05) is 13.8 Å². The normalized spacial score (nSPS) is 14.6. The Bertz CT molecular complexity index is 54.5. The second kappa shape index (κ2) is 3.84. The lowest BCUT2D eigenvalue weighted by Crippen LogP contribution is -2.14. The molecule has 0 fully saturated rings. The first-order chi connectivity index (χ1) is 3.68. The zero-order chi connectivity index (χ0) is 6.57. The van der Waals surface area contributed by atoms with Gasteiger partial charge in [-0.2, -0.15) is 0 Å². The average Bonchev–Trinajstić information content (AvgIpc) is 1.67. The second-order valence-corrected chi connectivity index (χ2v) is 2.29. The Kier molecular flexibility index (Phi) is 3.79. The van der Waals surface area contributed by atoms with E-state index in [2.05, 4.69) is 0 Å². The van der Waals surface area contributed by atoms with E-state index in [4.69, 9.17) is 5.11 Å². The molecule has 1 N–H and O–H groups in total. The Morgan fingerprint density at radius 1 is 1.50 bits per heavy atom. The molecule has 8 heavy (non-hydrogen) atoms. The van der Waals surface area contributed by atoms with Gasteiger partial charge in [0, 0.05) is 6.42 Å². The van der Waals surface area contributed by atoms with Gasteiger partial charge in [0.1, 0.15) is 0 Å². The standard InChI is InChI=1S/C6H13FO/c1-5(2)6(8)3-4-7/h5-6,8H,3-4H2,1-2H3. The van der Waals surface area contributed by atoms with Gasteiger partial charge in [0.2, 0.25) is 0 Å². The lowest BCUT2D eigenvalue weighted by atomic mass is 10.1. The minimum absolute atomic E-state index is 0.186. The number of rotatable bonds is 3. The quantitative estimate of drug-likeness (QED) is 0.596. The van der Waals surface area contributed by atoms with Gasteiger partial charge in [-0.3, -0.25) is 4.39 Å². The summed E-state index contributed by atoms with van der Waals surface area (Å²) in [7, 11) is 0. The summed E-state index contributed by atoms with van der Waals surface area (Å²) in [6.07, 6.45) is -0.183. The maximum atomic E-state index is 11.4. The summed E-state index contributed by atoms with van der Waals surface area (Å²) in [6, 6.07) is 0. The maximum absolute atomic E-state index is 11.4. The third kappa shape index (κ3) is 2.97. The molecule has 0 radical (unpaired) electrons. The minimum atomic E-state index is -0.458. The summed E-state index contributed by atoms with van der Waals surface area (Å²) in [5, 5.41) is 8.89. The summed E-state index contributed by atoms with van der Waals surface area (Å²) in [5.74, 6) is 0.186. The molecule has 0 heterocycles. The molecule has 0 aromatic carbocycles. The van der Waals surface area contributed by atoms with Gasteiger partial charge in [0.05, 0.1) is 12.8 Å². The SMILES string of the molecule is CC(C)C(O)CCF. The van der Waals surface area contributed by atoms with Crippen LogP contribution in [0, 0.1) is 5.92 Å². The highest BCUT2D eigenvalue weighted by Crippen LogP contribution is 2.04. The van der Waals surface area contributed by atoms with E-state index < -0.39 is 12.8 Å². The molecule has 0 aromatic heterocycles. The van der Waals surface area contributed by atoms with E-state index in [0.29, 0.717) is 0 Å². The molecular weight excluding hydrogens is 107 g/mol. The van der Waals surface area contributed by atoms with Crippen molar-refractivity contribution < 1.29 is 9.50 Å². The van der Waals surface area contributed by atoms with Crippen LogP contribution in [0.25, 0.3) is 0 Å². The van der Waals surface area contributed by atoms with Gasteiger partial charge < -0.3 is 5.11 Å². The Balaban J connectivity index is 3.17. The maximum Gasteiger partial charge on any atom is 0.0919 e. The van der Waals surface area contributed by atoms with Crippen molar-refractivity contribution in [3.8, 4) is 0 Å². The van der Waals surface area contributed by atoms with Crippen LogP contribution in [0.4, 0.5) is 4.39 Å². The van der Waals surface area contributed by atoms with Crippen LogP contribution in [0.5, 0.6) is 0 Å². The van der Waals surface area contributed by atoms with Crippen molar-refractivity contribution in [1.29, 1.82) is 0 Å². The van der Waals surface area contributed by atoms with Crippen LogP contribution < -0.4 is 0 Å². The van der Waals surface area contributed by atoms with Crippen molar-refractivity contribution in [2.75, 3.05) is 6.67 Å². The topological polar surface area (TPSA) is 20.2 Å². The van der Waals surface area contributed by atoms with E-state index in [9.17, 15) is 4.39 Å². The number of alkyl halides is 1. The van der Waals surface area contributed by atoms with Crippen molar-refractivity contribution in [3.05, 3.63) is 0 Å². The molecule has 1 nitrogen and oxygen atoms in total. The van der Waals surface area contributed by atoms with Crippen molar-refractivity contribution in [1.82, 2.24) is 0 Å². The first-order valence-electron chi connectivity index (χ1n) is 2.92. The summed E-state index contributed by atoms with van der Waals surface area (Å²) in [4.78, 5) is 0. The van der Waals surface area contributed by atoms with Crippen LogP contribution in [0.2, 0.25) is 0 Å². The van der Waals surface area contributed by atoms with Crippen molar-refractivity contribution in [2.24, 2.45) is 5.92 Å². The fourth-order valence-electron chi connectivity index (χ4n) is 0.445. The molecule has 0 amide bonds. The molecule has 0 bridgehead atoms. The van der Waals surface area contributed by atoms with E-state index in [1.54, 1.807) is 0 Å². The number of hydrogen-bond donors (Lipinski definition) is 1.